The smallest absolute Gasteiger partial charge is 0.289 e. The van der Waals surface area contributed by atoms with E-state index in [1.54, 1.807) is 12.1 Å². The molecule has 1 saturated heterocycles. The fourth-order valence-electron chi connectivity index (χ4n) is 2.79. The Balaban J connectivity index is 1.86. The zero-order chi connectivity index (χ0) is 16.4. The van der Waals surface area contributed by atoms with Gasteiger partial charge < -0.3 is 9.32 Å². The van der Waals surface area contributed by atoms with Crippen LogP contribution in [0.1, 0.15) is 27.8 Å². The summed E-state index contributed by atoms with van der Waals surface area (Å²) in [7, 11) is -3.54. The summed E-state index contributed by atoms with van der Waals surface area (Å²) in [6, 6.07) is 9.02. The van der Waals surface area contributed by atoms with Gasteiger partial charge in [-0.05, 0) is 24.6 Å². The maximum absolute atomic E-state index is 14.0. The zero-order valence-corrected chi connectivity index (χ0v) is 13.1. The number of hydrogen-bond donors (Lipinski definition) is 0. The minimum absolute atomic E-state index is 0.0762. The number of benzene rings is 1. The Morgan fingerprint density at radius 2 is 1.96 bits per heavy atom. The van der Waals surface area contributed by atoms with Gasteiger partial charge in [-0.2, -0.15) is 0 Å². The van der Waals surface area contributed by atoms with Crippen molar-refractivity contribution in [1.82, 2.24) is 4.90 Å². The molecule has 122 valence electrons. The standard InChI is InChI=1S/C16H16FNO4S/c17-13-5-2-1-4-12(13)15-7-8-18(9-11-23(15,20)21)16(19)14-6-3-10-22-14/h1-6,10,15H,7-9,11H2. The van der Waals surface area contributed by atoms with Crippen LogP contribution in [0.3, 0.4) is 0 Å². The van der Waals surface area contributed by atoms with Crippen LogP contribution in [0.15, 0.2) is 47.1 Å². The van der Waals surface area contributed by atoms with Gasteiger partial charge in [-0.25, -0.2) is 12.8 Å². The summed E-state index contributed by atoms with van der Waals surface area (Å²) in [5, 5.41) is -0.932. The second kappa shape index (κ2) is 6.16. The first-order valence-electron chi connectivity index (χ1n) is 7.28. The molecule has 1 amide bonds. The molecule has 0 bridgehead atoms. The molecule has 1 aliphatic rings. The van der Waals surface area contributed by atoms with Gasteiger partial charge in [-0.1, -0.05) is 18.2 Å². The summed E-state index contributed by atoms with van der Waals surface area (Å²) in [6.07, 6.45) is 1.56. The Hall–Kier alpha value is -2.15. The predicted octanol–water partition coefficient (Wildman–Crippen LogP) is 2.42. The van der Waals surface area contributed by atoms with E-state index in [1.807, 2.05) is 0 Å². The predicted molar refractivity (Wildman–Crippen MR) is 82.2 cm³/mol. The van der Waals surface area contributed by atoms with Crippen LogP contribution in [0.2, 0.25) is 0 Å². The number of hydrogen-bond acceptors (Lipinski definition) is 4. The largest absolute Gasteiger partial charge is 0.459 e. The van der Waals surface area contributed by atoms with Crippen molar-refractivity contribution < 1.29 is 22.0 Å². The molecule has 7 heteroatoms. The molecule has 1 aromatic heterocycles. The lowest BCUT2D eigenvalue weighted by Gasteiger charge is -2.18. The molecule has 0 radical (unpaired) electrons. The summed E-state index contributed by atoms with van der Waals surface area (Å²) in [6.45, 7) is 0.310. The minimum atomic E-state index is -3.54. The Bertz CT molecular complexity index is 801. The van der Waals surface area contributed by atoms with Crippen LogP contribution >= 0.6 is 0 Å². The fraction of sp³-hybridized carbons (Fsp3) is 0.312. The molecule has 0 N–H and O–H groups in total. The molecule has 2 aromatic rings. The van der Waals surface area contributed by atoms with Gasteiger partial charge in [0.2, 0.25) is 0 Å². The van der Waals surface area contributed by atoms with Gasteiger partial charge in [0.25, 0.3) is 5.91 Å². The number of nitrogens with zero attached hydrogens (tertiary/aromatic N) is 1. The Morgan fingerprint density at radius 3 is 2.65 bits per heavy atom. The third-order valence-corrected chi connectivity index (χ3v) is 6.12. The summed E-state index contributed by atoms with van der Waals surface area (Å²) in [4.78, 5) is 13.7. The minimum Gasteiger partial charge on any atom is -0.459 e. The number of carbonyl (C=O) groups excluding carboxylic acids is 1. The molecule has 2 heterocycles. The van der Waals surface area contributed by atoms with E-state index in [0.717, 1.165) is 0 Å². The highest BCUT2D eigenvalue weighted by molar-refractivity contribution is 7.91. The van der Waals surface area contributed by atoms with Crippen LogP contribution in [-0.4, -0.2) is 38.1 Å². The highest BCUT2D eigenvalue weighted by Crippen LogP contribution is 2.31. The average molecular weight is 337 g/mol. The average Bonchev–Trinajstić information content (AvgIpc) is 3.00. The first kappa shape index (κ1) is 15.7. The fourth-order valence-corrected chi connectivity index (χ4v) is 4.59. The van der Waals surface area contributed by atoms with E-state index in [2.05, 4.69) is 0 Å². The molecule has 1 aliphatic heterocycles. The molecule has 1 unspecified atom stereocenters. The van der Waals surface area contributed by atoms with Crippen LogP contribution in [0.25, 0.3) is 0 Å². The van der Waals surface area contributed by atoms with Crippen LogP contribution in [0.5, 0.6) is 0 Å². The SMILES string of the molecule is O=C(c1ccco1)N1CCC(c2ccccc2F)S(=O)(=O)CC1. The van der Waals surface area contributed by atoms with Crippen LogP contribution < -0.4 is 0 Å². The summed E-state index contributed by atoms with van der Waals surface area (Å²) in [5.74, 6) is -0.906. The summed E-state index contributed by atoms with van der Waals surface area (Å²) < 4.78 is 44.0. The van der Waals surface area contributed by atoms with Gasteiger partial charge in [0.15, 0.2) is 15.6 Å². The van der Waals surface area contributed by atoms with Gasteiger partial charge >= 0.3 is 0 Å². The third kappa shape index (κ3) is 3.14. The molecule has 1 aromatic carbocycles. The van der Waals surface area contributed by atoms with Gasteiger partial charge in [0, 0.05) is 18.7 Å². The van der Waals surface area contributed by atoms with Crippen molar-refractivity contribution >= 4 is 15.7 Å². The third-order valence-electron chi connectivity index (χ3n) is 4.01. The molecule has 0 spiro atoms. The topological polar surface area (TPSA) is 67.6 Å². The molecule has 23 heavy (non-hydrogen) atoms. The summed E-state index contributed by atoms with van der Waals surface area (Å²) >= 11 is 0. The monoisotopic (exact) mass is 337 g/mol. The van der Waals surface area contributed by atoms with Gasteiger partial charge in [-0.3, -0.25) is 4.79 Å². The van der Waals surface area contributed by atoms with E-state index >= 15 is 0 Å². The Labute approximate surface area is 133 Å². The quantitative estimate of drug-likeness (QED) is 0.844. The van der Waals surface area contributed by atoms with E-state index in [9.17, 15) is 17.6 Å². The van der Waals surface area contributed by atoms with Crippen molar-refractivity contribution in [2.75, 3.05) is 18.8 Å². The second-order valence-corrected chi connectivity index (χ2v) is 7.74. The normalized spacial score (nSPS) is 20.9. The molecular weight excluding hydrogens is 321 g/mol. The highest BCUT2D eigenvalue weighted by Gasteiger charge is 2.34. The highest BCUT2D eigenvalue weighted by atomic mass is 32.2. The number of sulfone groups is 1. The Morgan fingerprint density at radius 1 is 1.17 bits per heavy atom. The van der Waals surface area contributed by atoms with Gasteiger partial charge in [0.1, 0.15) is 5.82 Å². The summed E-state index contributed by atoms with van der Waals surface area (Å²) in [5.41, 5.74) is 0.166. The molecule has 0 saturated carbocycles. The first-order valence-corrected chi connectivity index (χ1v) is 8.99. The van der Waals surface area contributed by atoms with E-state index in [4.69, 9.17) is 4.42 Å². The van der Waals surface area contributed by atoms with Gasteiger partial charge in [-0.15, -0.1) is 0 Å². The molecule has 1 fully saturated rings. The van der Waals surface area contributed by atoms with Crippen LogP contribution in [-0.2, 0) is 9.84 Å². The van der Waals surface area contributed by atoms with E-state index < -0.39 is 20.9 Å². The van der Waals surface area contributed by atoms with E-state index in [1.165, 1.54) is 35.4 Å². The number of rotatable bonds is 2. The Kier molecular flexibility index (Phi) is 4.21. The van der Waals surface area contributed by atoms with Crippen molar-refractivity contribution in [2.24, 2.45) is 0 Å². The number of halogens is 1. The van der Waals surface area contributed by atoms with Crippen LogP contribution in [0, 0.1) is 5.82 Å². The molecule has 1 atom stereocenters. The van der Waals surface area contributed by atoms with Crippen molar-refractivity contribution in [3.05, 3.63) is 59.8 Å². The zero-order valence-electron chi connectivity index (χ0n) is 12.3. The van der Waals surface area contributed by atoms with E-state index in [0.29, 0.717) is 0 Å². The first-order chi connectivity index (χ1) is 11.0. The van der Waals surface area contributed by atoms with Crippen molar-refractivity contribution in [3.63, 3.8) is 0 Å². The van der Waals surface area contributed by atoms with Crippen LogP contribution in [0.4, 0.5) is 4.39 Å². The maximum atomic E-state index is 14.0. The number of carbonyl (C=O) groups is 1. The van der Waals surface area contributed by atoms with Crippen molar-refractivity contribution in [1.29, 1.82) is 0 Å². The molecule has 5 nitrogen and oxygen atoms in total. The lowest BCUT2D eigenvalue weighted by atomic mass is 10.1. The lowest BCUT2D eigenvalue weighted by molar-refractivity contribution is 0.0734. The second-order valence-electron chi connectivity index (χ2n) is 5.44. The van der Waals surface area contributed by atoms with Gasteiger partial charge in [0.05, 0.1) is 17.3 Å². The van der Waals surface area contributed by atoms with Crippen molar-refractivity contribution in [3.8, 4) is 0 Å². The number of amides is 1. The molecular formula is C16H16FNO4S. The number of furan rings is 1. The molecule has 3 rings (SSSR count). The van der Waals surface area contributed by atoms with Crippen molar-refractivity contribution in [2.45, 2.75) is 11.7 Å². The molecule has 0 aliphatic carbocycles. The van der Waals surface area contributed by atoms with E-state index in [-0.39, 0.29) is 42.5 Å². The lowest BCUT2D eigenvalue weighted by Crippen LogP contribution is -2.33. The maximum Gasteiger partial charge on any atom is 0.289 e.